The highest BCUT2D eigenvalue weighted by Crippen LogP contribution is 2.56. The third-order valence-electron chi connectivity index (χ3n) is 6.41. The van der Waals surface area contributed by atoms with Gasteiger partial charge in [0.05, 0.1) is 0 Å². The van der Waals surface area contributed by atoms with Crippen LogP contribution in [-0.2, 0) is 0 Å². The molecular formula is C28H40O4P2. The molecule has 0 aromatic heterocycles. The first-order valence-electron chi connectivity index (χ1n) is 12.6. The van der Waals surface area contributed by atoms with Gasteiger partial charge in [-0.05, 0) is 57.5 Å². The van der Waals surface area contributed by atoms with E-state index in [2.05, 4.69) is 79.7 Å². The Balaban J connectivity index is 2.11. The first kappa shape index (κ1) is 25.6. The summed E-state index contributed by atoms with van der Waals surface area (Å²) >= 11 is 0. The monoisotopic (exact) mass is 502 g/mol. The molecule has 0 saturated carbocycles. The van der Waals surface area contributed by atoms with Crippen molar-refractivity contribution < 1.29 is 18.9 Å². The molecule has 0 spiro atoms. The number of hydrogen-bond acceptors (Lipinski definition) is 4. The largest absolute Gasteiger partial charge is 0.486 e. The van der Waals surface area contributed by atoms with Gasteiger partial charge in [0.2, 0.25) is 0 Å². The normalized spacial score (nSPS) is 15.4. The molecule has 2 aliphatic heterocycles. The first-order chi connectivity index (χ1) is 16.2. The van der Waals surface area contributed by atoms with E-state index in [1.54, 1.807) is 0 Å². The van der Waals surface area contributed by atoms with Gasteiger partial charge in [0.15, 0.2) is 23.0 Å². The van der Waals surface area contributed by atoms with Crippen molar-refractivity contribution in [2.75, 3.05) is 26.4 Å². The predicted octanol–water partition coefficient (Wildman–Crippen LogP) is 6.74. The summed E-state index contributed by atoms with van der Waals surface area (Å²) in [4.78, 5) is 0. The van der Waals surface area contributed by atoms with E-state index in [1.807, 2.05) is 0 Å². The maximum atomic E-state index is 6.40. The van der Waals surface area contributed by atoms with E-state index in [1.165, 1.54) is 21.7 Å². The van der Waals surface area contributed by atoms with Crippen molar-refractivity contribution in [2.45, 2.75) is 78.0 Å². The van der Waals surface area contributed by atoms with Crippen LogP contribution in [0.25, 0.3) is 11.1 Å². The van der Waals surface area contributed by atoms with Crippen LogP contribution in [-0.4, -0.2) is 49.1 Å². The van der Waals surface area contributed by atoms with Gasteiger partial charge in [0.25, 0.3) is 0 Å². The maximum absolute atomic E-state index is 6.40. The fourth-order valence-corrected chi connectivity index (χ4v) is 11.5. The van der Waals surface area contributed by atoms with Crippen LogP contribution in [0.4, 0.5) is 0 Å². The molecule has 2 aromatic carbocycles. The Labute approximate surface area is 208 Å². The number of benzene rings is 2. The molecule has 2 heterocycles. The standard InChI is InChI=1S/C28H40O4P2/c1-17(2)33(18(3)4)23-11-9-21-27(31-15-13-29-21)25(23)26-24(34(19(5)6)20(7)8)12-10-22-28(26)32-16-14-30-22/h9-12,17-20H,13-16H2,1-8H3. The zero-order chi connectivity index (χ0) is 24.6. The zero-order valence-corrected chi connectivity index (χ0v) is 23.8. The Bertz CT molecular complexity index is 918. The SMILES string of the molecule is CC(C)P(c1ccc2c(c1-c1c(P(C(C)C)C(C)C)ccc3c1OCCO3)OCCO2)C(C)C. The lowest BCUT2D eigenvalue weighted by molar-refractivity contribution is 0.170. The second-order valence-corrected chi connectivity index (χ2v) is 16.9. The molecule has 2 aromatic rings. The highest BCUT2D eigenvalue weighted by atomic mass is 31.1. The van der Waals surface area contributed by atoms with Gasteiger partial charge in [-0.1, -0.05) is 71.2 Å². The van der Waals surface area contributed by atoms with Crippen LogP contribution in [0.5, 0.6) is 23.0 Å². The molecule has 0 atom stereocenters. The number of ether oxygens (including phenoxy) is 4. The number of fused-ring (bicyclic) bond motifs is 2. The Morgan fingerprint density at radius 2 is 0.824 bits per heavy atom. The minimum Gasteiger partial charge on any atom is -0.486 e. The van der Waals surface area contributed by atoms with Crippen molar-refractivity contribution in [3.63, 3.8) is 0 Å². The topological polar surface area (TPSA) is 36.9 Å². The van der Waals surface area contributed by atoms with Gasteiger partial charge >= 0.3 is 0 Å². The third kappa shape index (κ3) is 4.78. The van der Waals surface area contributed by atoms with Gasteiger partial charge in [-0.2, -0.15) is 0 Å². The molecule has 34 heavy (non-hydrogen) atoms. The molecule has 4 nitrogen and oxygen atoms in total. The highest BCUT2D eigenvalue weighted by Gasteiger charge is 2.35. The van der Waals surface area contributed by atoms with Gasteiger partial charge in [0, 0.05) is 11.1 Å². The smallest absolute Gasteiger partial charge is 0.169 e. The minimum atomic E-state index is -0.434. The fraction of sp³-hybridized carbons (Fsp3) is 0.571. The molecule has 0 unspecified atom stereocenters. The van der Waals surface area contributed by atoms with Crippen LogP contribution >= 0.6 is 15.8 Å². The molecule has 6 heteroatoms. The number of rotatable bonds is 7. The highest BCUT2D eigenvalue weighted by molar-refractivity contribution is 7.68. The lowest BCUT2D eigenvalue weighted by Gasteiger charge is -2.35. The Kier molecular flexibility index (Phi) is 8.00. The van der Waals surface area contributed by atoms with E-state index >= 15 is 0 Å². The average Bonchev–Trinajstić information content (AvgIpc) is 2.78. The van der Waals surface area contributed by atoms with Crippen LogP contribution in [0, 0.1) is 0 Å². The summed E-state index contributed by atoms with van der Waals surface area (Å²) in [6, 6.07) is 8.84. The summed E-state index contributed by atoms with van der Waals surface area (Å²) in [6.45, 7) is 21.1. The van der Waals surface area contributed by atoms with Gasteiger partial charge in [-0.15, -0.1) is 0 Å². The molecular weight excluding hydrogens is 462 g/mol. The molecule has 4 rings (SSSR count). The van der Waals surface area contributed by atoms with E-state index in [4.69, 9.17) is 18.9 Å². The van der Waals surface area contributed by atoms with Crippen LogP contribution in [0.15, 0.2) is 24.3 Å². The van der Waals surface area contributed by atoms with E-state index < -0.39 is 15.8 Å². The molecule has 0 radical (unpaired) electrons. The van der Waals surface area contributed by atoms with E-state index in [0.717, 1.165) is 23.0 Å². The second-order valence-electron chi connectivity index (χ2n) is 10.2. The first-order valence-corrected chi connectivity index (χ1v) is 15.6. The molecule has 0 saturated heterocycles. The molecule has 0 aliphatic carbocycles. The average molecular weight is 503 g/mol. The molecule has 0 amide bonds. The summed E-state index contributed by atoms with van der Waals surface area (Å²) in [7, 11) is -0.867. The van der Waals surface area contributed by atoms with Crippen molar-refractivity contribution in [1.82, 2.24) is 0 Å². The maximum Gasteiger partial charge on any atom is 0.169 e. The summed E-state index contributed by atoms with van der Waals surface area (Å²) in [6.07, 6.45) is 0. The summed E-state index contributed by atoms with van der Waals surface area (Å²) in [5.41, 5.74) is 4.55. The molecule has 2 aliphatic rings. The Morgan fingerprint density at radius 1 is 0.500 bits per heavy atom. The van der Waals surface area contributed by atoms with E-state index in [-0.39, 0.29) is 0 Å². The Morgan fingerprint density at radius 3 is 1.15 bits per heavy atom. The third-order valence-corrected chi connectivity index (χ3v) is 12.7. The van der Waals surface area contributed by atoms with Gasteiger partial charge in [0.1, 0.15) is 26.4 Å². The zero-order valence-electron chi connectivity index (χ0n) is 22.0. The van der Waals surface area contributed by atoms with Crippen molar-refractivity contribution in [1.29, 1.82) is 0 Å². The quantitative estimate of drug-likeness (QED) is 0.393. The lowest BCUT2D eigenvalue weighted by Crippen LogP contribution is -2.26. The predicted molar refractivity (Wildman–Crippen MR) is 148 cm³/mol. The Hall–Kier alpha value is -1.50. The molecule has 186 valence electrons. The van der Waals surface area contributed by atoms with Crippen LogP contribution in [0.2, 0.25) is 0 Å². The molecule has 0 fully saturated rings. The van der Waals surface area contributed by atoms with Crippen LogP contribution in [0.1, 0.15) is 55.4 Å². The van der Waals surface area contributed by atoms with E-state index in [0.29, 0.717) is 49.1 Å². The van der Waals surface area contributed by atoms with Crippen LogP contribution in [0.3, 0.4) is 0 Å². The van der Waals surface area contributed by atoms with Gasteiger partial charge < -0.3 is 18.9 Å². The van der Waals surface area contributed by atoms with Crippen LogP contribution < -0.4 is 29.6 Å². The van der Waals surface area contributed by atoms with Crippen molar-refractivity contribution in [3.8, 4) is 34.1 Å². The van der Waals surface area contributed by atoms with Crippen molar-refractivity contribution >= 4 is 26.5 Å². The van der Waals surface area contributed by atoms with Crippen molar-refractivity contribution in [2.24, 2.45) is 0 Å². The molecule has 0 bridgehead atoms. The second kappa shape index (κ2) is 10.6. The van der Waals surface area contributed by atoms with E-state index in [9.17, 15) is 0 Å². The summed E-state index contributed by atoms with van der Waals surface area (Å²) in [5.74, 6) is 3.44. The minimum absolute atomic E-state index is 0.434. The van der Waals surface area contributed by atoms with Crippen molar-refractivity contribution in [3.05, 3.63) is 24.3 Å². The lowest BCUT2D eigenvalue weighted by atomic mass is 10.0. The summed E-state index contributed by atoms with van der Waals surface area (Å²) in [5, 5.41) is 2.77. The molecule has 0 N–H and O–H groups in total. The number of hydrogen-bond donors (Lipinski definition) is 0. The van der Waals surface area contributed by atoms with Gasteiger partial charge in [-0.3, -0.25) is 0 Å². The fourth-order valence-electron chi connectivity index (χ4n) is 5.43. The van der Waals surface area contributed by atoms with Gasteiger partial charge in [-0.25, -0.2) is 0 Å². The summed E-state index contributed by atoms with van der Waals surface area (Å²) < 4.78 is 25.0.